The third-order valence-electron chi connectivity index (χ3n) is 3.69. The second kappa shape index (κ2) is 6.62. The van der Waals surface area contributed by atoms with Crippen molar-refractivity contribution in [3.05, 3.63) is 29.8 Å². The normalized spacial score (nSPS) is 16.0. The van der Waals surface area contributed by atoms with Crippen molar-refractivity contribution in [1.29, 1.82) is 0 Å². The second-order valence-electron chi connectivity index (χ2n) is 5.21. The third kappa shape index (κ3) is 3.55. The van der Waals surface area contributed by atoms with Gasteiger partial charge in [-0.3, -0.25) is 4.98 Å². The molecule has 2 aromatic heterocycles. The molecule has 21 heavy (non-hydrogen) atoms. The lowest BCUT2D eigenvalue weighted by molar-refractivity contribution is 0.0593. The van der Waals surface area contributed by atoms with Crippen LogP contribution in [0.25, 0.3) is 0 Å². The fraction of sp³-hybridized carbons (Fsp3) is 0.571. The van der Waals surface area contributed by atoms with E-state index in [1.54, 1.807) is 6.20 Å². The summed E-state index contributed by atoms with van der Waals surface area (Å²) in [7, 11) is 0. The molecule has 7 nitrogen and oxygen atoms in total. The summed E-state index contributed by atoms with van der Waals surface area (Å²) in [6.07, 6.45) is 3.86. The van der Waals surface area contributed by atoms with E-state index in [0.29, 0.717) is 12.5 Å². The van der Waals surface area contributed by atoms with E-state index in [-0.39, 0.29) is 0 Å². The fourth-order valence-corrected chi connectivity index (χ4v) is 2.41. The molecule has 1 fully saturated rings. The van der Waals surface area contributed by atoms with Gasteiger partial charge in [0.2, 0.25) is 0 Å². The van der Waals surface area contributed by atoms with Crippen molar-refractivity contribution in [2.24, 2.45) is 5.92 Å². The van der Waals surface area contributed by atoms with Gasteiger partial charge in [0.05, 0.1) is 5.69 Å². The molecular weight excluding hydrogens is 270 g/mol. The second-order valence-corrected chi connectivity index (χ2v) is 5.21. The van der Waals surface area contributed by atoms with Crippen LogP contribution in [0.3, 0.4) is 0 Å². The monoisotopic (exact) mass is 289 g/mol. The summed E-state index contributed by atoms with van der Waals surface area (Å²) in [6, 6.07) is 3.75. The molecule has 0 N–H and O–H groups in total. The van der Waals surface area contributed by atoms with Gasteiger partial charge in [-0.15, -0.1) is 5.10 Å². The number of tetrazole rings is 1. The molecule has 0 aliphatic carbocycles. The maximum atomic E-state index is 5.76. The van der Waals surface area contributed by atoms with Crippen molar-refractivity contribution >= 4 is 0 Å². The van der Waals surface area contributed by atoms with E-state index in [1.807, 2.05) is 23.7 Å². The fourth-order valence-electron chi connectivity index (χ4n) is 2.41. The molecule has 2 aromatic rings. The average molecular weight is 289 g/mol. The maximum Gasteiger partial charge on any atom is 0.189 e. The first kappa shape index (κ1) is 13.9. The topological polar surface area (TPSA) is 75.0 Å². The summed E-state index contributed by atoms with van der Waals surface area (Å²) < 4.78 is 13.0. The molecule has 0 spiro atoms. The molecular formula is C14H19N5O2. The van der Waals surface area contributed by atoms with Crippen LogP contribution in [0.15, 0.2) is 18.3 Å². The number of nitrogens with zero attached hydrogens (tertiary/aromatic N) is 5. The molecule has 0 aromatic carbocycles. The van der Waals surface area contributed by atoms with Crippen molar-refractivity contribution in [1.82, 2.24) is 25.2 Å². The molecule has 3 heterocycles. The Morgan fingerprint density at radius 1 is 1.38 bits per heavy atom. The Hall–Kier alpha value is -2.02. The van der Waals surface area contributed by atoms with E-state index < -0.39 is 0 Å². The number of aryl methyl sites for hydroxylation is 1. The first-order chi connectivity index (χ1) is 10.3. The first-order valence-corrected chi connectivity index (χ1v) is 7.20. The van der Waals surface area contributed by atoms with E-state index in [2.05, 4.69) is 20.5 Å². The Bertz CT molecular complexity index is 580. The standard InChI is InChI=1S/C14H19N5O2/c1-11-13(3-2-6-15-11)21-10-14-16-17-18-19(14)9-12-4-7-20-8-5-12/h2-3,6,12H,4-5,7-10H2,1H3. The van der Waals surface area contributed by atoms with Gasteiger partial charge < -0.3 is 9.47 Å². The predicted octanol–water partition coefficient (Wildman–Crippen LogP) is 1.38. The van der Waals surface area contributed by atoms with Crippen molar-refractivity contribution in [2.45, 2.75) is 32.9 Å². The quantitative estimate of drug-likeness (QED) is 0.828. The van der Waals surface area contributed by atoms with Crippen molar-refractivity contribution in [2.75, 3.05) is 13.2 Å². The maximum absolute atomic E-state index is 5.76. The van der Waals surface area contributed by atoms with Crippen LogP contribution in [-0.2, 0) is 17.9 Å². The SMILES string of the molecule is Cc1ncccc1OCc1nnnn1CC1CCOCC1. The van der Waals surface area contributed by atoms with Gasteiger partial charge in [0.1, 0.15) is 12.4 Å². The molecule has 1 aliphatic rings. The van der Waals surface area contributed by atoms with Gasteiger partial charge >= 0.3 is 0 Å². The lowest BCUT2D eigenvalue weighted by atomic mass is 10.0. The number of pyridine rings is 1. The summed E-state index contributed by atoms with van der Waals surface area (Å²) in [4.78, 5) is 4.20. The number of aromatic nitrogens is 5. The van der Waals surface area contributed by atoms with Crippen molar-refractivity contribution < 1.29 is 9.47 Å². The number of hydrogen-bond donors (Lipinski definition) is 0. The van der Waals surface area contributed by atoms with Crippen LogP contribution in [-0.4, -0.2) is 38.4 Å². The minimum absolute atomic E-state index is 0.350. The molecule has 0 saturated carbocycles. The van der Waals surface area contributed by atoms with E-state index in [0.717, 1.165) is 49.9 Å². The highest BCUT2D eigenvalue weighted by molar-refractivity contribution is 5.25. The third-order valence-corrected chi connectivity index (χ3v) is 3.69. The highest BCUT2D eigenvalue weighted by Gasteiger charge is 2.17. The van der Waals surface area contributed by atoms with Crippen LogP contribution in [0.5, 0.6) is 5.75 Å². The molecule has 0 bridgehead atoms. The zero-order chi connectivity index (χ0) is 14.5. The minimum Gasteiger partial charge on any atom is -0.484 e. The van der Waals surface area contributed by atoms with Gasteiger partial charge in [-0.1, -0.05) is 0 Å². The first-order valence-electron chi connectivity index (χ1n) is 7.20. The molecule has 112 valence electrons. The van der Waals surface area contributed by atoms with Gasteiger partial charge in [0, 0.05) is 26.0 Å². The molecule has 0 amide bonds. The van der Waals surface area contributed by atoms with Gasteiger partial charge in [0.15, 0.2) is 5.82 Å². The zero-order valence-electron chi connectivity index (χ0n) is 12.1. The summed E-state index contributed by atoms with van der Waals surface area (Å²) in [5.74, 6) is 2.07. The number of ether oxygens (including phenoxy) is 2. The minimum atomic E-state index is 0.350. The van der Waals surface area contributed by atoms with E-state index in [1.165, 1.54) is 0 Å². The van der Waals surface area contributed by atoms with E-state index in [9.17, 15) is 0 Å². The molecule has 7 heteroatoms. The van der Waals surface area contributed by atoms with Crippen LogP contribution < -0.4 is 4.74 Å². The summed E-state index contributed by atoms with van der Waals surface area (Å²) in [6.45, 7) is 4.74. The zero-order valence-corrected chi connectivity index (χ0v) is 12.1. The molecule has 0 unspecified atom stereocenters. The average Bonchev–Trinajstić information content (AvgIpc) is 2.95. The van der Waals surface area contributed by atoms with E-state index in [4.69, 9.17) is 9.47 Å². The smallest absolute Gasteiger partial charge is 0.189 e. The van der Waals surface area contributed by atoms with Crippen LogP contribution in [0.2, 0.25) is 0 Å². The van der Waals surface area contributed by atoms with Crippen LogP contribution in [0, 0.1) is 12.8 Å². The molecule has 1 aliphatic heterocycles. The van der Waals surface area contributed by atoms with Gasteiger partial charge in [0.25, 0.3) is 0 Å². The predicted molar refractivity (Wildman–Crippen MR) is 74.7 cm³/mol. The Labute approximate surface area is 123 Å². The van der Waals surface area contributed by atoms with Crippen molar-refractivity contribution in [3.8, 4) is 5.75 Å². The number of rotatable bonds is 5. The molecule has 0 atom stereocenters. The van der Waals surface area contributed by atoms with Gasteiger partial charge in [-0.25, -0.2) is 4.68 Å². The summed E-state index contributed by atoms with van der Waals surface area (Å²) >= 11 is 0. The van der Waals surface area contributed by atoms with Crippen LogP contribution in [0.1, 0.15) is 24.4 Å². The lowest BCUT2D eigenvalue weighted by Crippen LogP contribution is -2.22. The highest BCUT2D eigenvalue weighted by Crippen LogP contribution is 2.18. The Balaban J connectivity index is 1.61. The van der Waals surface area contributed by atoms with E-state index >= 15 is 0 Å². The Morgan fingerprint density at radius 3 is 3.05 bits per heavy atom. The van der Waals surface area contributed by atoms with Gasteiger partial charge in [-0.2, -0.15) is 0 Å². The van der Waals surface area contributed by atoms with Crippen LogP contribution >= 0.6 is 0 Å². The molecule has 1 saturated heterocycles. The lowest BCUT2D eigenvalue weighted by Gasteiger charge is -2.21. The summed E-state index contributed by atoms with van der Waals surface area (Å²) in [5, 5.41) is 11.9. The van der Waals surface area contributed by atoms with Crippen LogP contribution in [0.4, 0.5) is 0 Å². The Morgan fingerprint density at radius 2 is 2.24 bits per heavy atom. The molecule has 3 rings (SSSR count). The Kier molecular flexibility index (Phi) is 4.40. The molecule has 0 radical (unpaired) electrons. The highest BCUT2D eigenvalue weighted by atomic mass is 16.5. The summed E-state index contributed by atoms with van der Waals surface area (Å²) in [5.41, 5.74) is 0.862. The van der Waals surface area contributed by atoms with Gasteiger partial charge in [-0.05, 0) is 48.2 Å². The largest absolute Gasteiger partial charge is 0.484 e. The number of hydrogen-bond acceptors (Lipinski definition) is 6. The van der Waals surface area contributed by atoms with Crippen molar-refractivity contribution in [3.63, 3.8) is 0 Å².